The standard InChI is InChI=1S/C15H18N4O2/c1-18-5-2-6-19(9-14(18)20)15(21)12-8-17-13-7-10(16)3-4-11(12)13/h3-4,7-8,17H,2,5-6,9,16H2,1H3. The molecule has 1 aromatic heterocycles. The number of rotatable bonds is 1. The van der Waals surface area contributed by atoms with E-state index in [0.29, 0.717) is 24.3 Å². The summed E-state index contributed by atoms with van der Waals surface area (Å²) in [5, 5.41) is 0.833. The second kappa shape index (κ2) is 5.12. The lowest BCUT2D eigenvalue weighted by Crippen LogP contribution is -2.37. The van der Waals surface area contributed by atoms with Crippen LogP contribution >= 0.6 is 0 Å². The second-order valence-electron chi connectivity index (χ2n) is 5.40. The third-order valence-electron chi connectivity index (χ3n) is 3.90. The summed E-state index contributed by atoms with van der Waals surface area (Å²) in [4.78, 5) is 30.9. The highest BCUT2D eigenvalue weighted by atomic mass is 16.2. The smallest absolute Gasteiger partial charge is 0.256 e. The zero-order valence-electron chi connectivity index (χ0n) is 11.9. The van der Waals surface area contributed by atoms with Gasteiger partial charge in [0.05, 0.1) is 5.56 Å². The summed E-state index contributed by atoms with van der Waals surface area (Å²) in [5.41, 5.74) is 7.80. The highest BCUT2D eigenvalue weighted by molar-refractivity contribution is 6.08. The number of benzene rings is 1. The minimum Gasteiger partial charge on any atom is -0.399 e. The molecule has 1 aliphatic rings. The van der Waals surface area contributed by atoms with Crippen LogP contribution in [0.4, 0.5) is 5.69 Å². The third kappa shape index (κ3) is 2.44. The van der Waals surface area contributed by atoms with Crippen LogP contribution in [-0.4, -0.2) is 53.3 Å². The van der Waals surface area contributed by atoms with Crippen molar-refractivity contribution in [2.75, 3.05) is 32.4 Å². The number of carbonyl (C=O) groups excluding carboxylic acids is 2. The van der Waals surface area contributed by atoms with Gasteiger partial charge in [-0.2, -0.15) is 0 Å². The van der Waals surface area contributed by atoms with Crippen LogP contribution < -0.4 is 5.73 Å². The molecule has 0 atom stereocenters. The number of nitrogens with zero attached hydrogens (tertiary/aromatic N) is 2. The Morgan fingerprint density at radius 1 is 1.33 bits per heavy atom. The molecule has 1 fully saturated rings. The topological polar surface area (TPSA) is 82.4 Å². The van der Waals surface area contributed by atoms with Gasteiger partial charge in [0, 0.05) is 42.9 Å². The highest BCUT2D eigenvalue weighted by Gasteiger charge is 2.25. The zero-order valence-corrected chi connectivity index (χ0v) is 11.9. The molecule has 6 nitrogen and oxygen atoms in total. The molecule has 1 aromatic carbocycles. The first kappa shape index (κ1) is 13.5. The van der Waals surface area contributed by atoms with Gasteiger partial charge < -0.3 is 20.5 Å². The molecule has 110 valence electrons. The van der Waals surface area contributed by atoms with Crippen molar-refractivity contribution < 1.29 is 9.59 Å². The number of H-pyrrole nitrogens is 1. The lowest BCUT2D eigenvalue weighted by Gasteiger charge is -2.19. The molecule has 0 unspecified atom stereocenters. The fourth-order valence-corrected chi connectivity index (χ4v) is 2.65. The predicted molar refractivity (Wildman–Crippen MR) is 80.9 cm³/mol. The average Bonchev–Trinajstić information content (AvgIpc) is 2.79. The van der Waals surface area contributed by atoms with Crippen molar-refractivity contribution in [3.05, 3.63) is 30.0 Å². The molecule has 21 heavy (non-hydrogen) atoms. The summed E-state index contributed by atoms with van der Waals surface area (Å²) in [5.74, 6) is -0.139. The molecule has 2 aromatic rings. The maximum atomic E-state index is 12.7. The molecule has 1 aliphatic heterocycles. The van der Waals surface area contributed by atoms with Crippen LogP contribution in [0.5, 0.6) is 0 Å². The van der Waals surface area contributed by atoms with Crippen molar-refractivity contribution in [2.24, 2.45) is 0 Å². The van der Waals surface area contributed by atoms with Gasteiger partial charge in [-0.15, -0.1) is 0 Å². The number of fused-ring (bicyclic) bond motifs is 1. The monoisotopic (exact) mass is 286 g/mol. The van der Waals surface area contributed by atoms with Crippen LogP contribution in [0.1, 0.15) is 16.8 Å². The SMILES string of the molecule is CN1CCCN(C(=O)c2c[nH]c3cc(N)ccc23)CC1=O. The molecule has 3 rings (SSSR count). The van der Waals surface area contributed by atoms with Gasteiger partial charge in [-0.3, -0.25) is 9.59 Å². The molecule has 2 heterocycles. The lowest BCUT2D eigenvalue weighted by molar-refractivity contribution is -0.129. The van der Waals surface area contributed by atoms with E-state index in [4.69, 9.17) is 5.73 Å². The van der Waals surface area contributed by atoms with Crippen LogP contribution in [0, 0.1) is 0 Å². The Labute approximate surface area is 122 Å². The number of anilines is 1. The van der Waals surface area contributed by atoms with Crippen molar-refractivity contribution >= 4 is 28.4 Å². The van der Waals surface area contributed by atoms with E-state index in [1.54, 1.807) is 35.2 Å². The summed E-state index contributed by atoms with van der Waals surface area (Å²) in [6.45, 7) is 1.42. The average molecular weight is 286 g/mol. The van der Waals surface area contributed by atoms with Crippen LogP contribution in [0.2, 0.25) is 0 Å². The van der Waals surface area contributed by atoms with E-state index in [0.717, 1.165) is 17.3 Å². The third-order valence-corrected chi connectivity index (χ3v) is 3.90. The van der Waals surface area contributed by atoms with Crippen molar-refractivity contribution in [3.8, 4) is 0 Å². The van der Waals surface area contributed by atoms with Gasteiger partial charge in [-0.05, 0) is 24.6 Å². The van der Waals surface area contributed by atoms with Crippen molar-refractivity contribution in [1.29, 1.82) is 0 Å². The van der Waals surface area contributed by atoms with E-state index in [-0.39, 0.29) is 18.4 Å². The Kier molecular flexibility index (Phi) is 3.29. The molecular weight excluding hydrogens is 268 g/mol. The summed E-state index contributed by atoms with van der Waals surface area (Å²) in [6.07, 6.45) is 2.48. The number of aromatic nitrogens is 1. The predicted octanol–water partition coefficient (Wildman–Crippen LogP) is 1.05. The second-order valence-corrected chi connectivity index (χ2v) is 5.40. The fraction of sp³-hybridized carbons (Fsp3) is 0.333. The maximum Gasteiger partial charge on any atom is 0.256 e. The Balaban J connectivity index is 1.91. The summed E-state index contributed by atoms with van der Waals surface area (Å²) >= 11 is 0. The first-order valence-electron chi connectivity index (χ1n) is 6.96. The molecular formula is C15H18N4O2. The largest absolute Gasteiger partial charge is 0.399 e. The Morgan fingerprint density at radius 2 is 2.14 bits per heavy atom. The molecule has 3 N–H and O–H groups in total. The number of nitrogens with one attached hydrogen (secondary N) is 1. The van der Waals surface area contributed by atoms with Gasteiger partial charge in [-0.1, -0.05) is 0 Å². The fourth-order valence-electron chi connectivity index (χ4n) is 2.65. The quantitative estimate of drug-likeness (QED) is 0.769. The van der Waals surface area contributed by atoms with Crippen LogP contribution in [0.15, 0.2) is 24.4 Å². The zero-order chi connectivity index (χ0) is 15.0. The Hall–Kier alpha value is -2.50. The molecule has 0 saturated carbocycles. The molecule has 2 amide bonds. The van der Waals surface area contributed by atoms with Gasteiger partial charge in [-0.25, -0.2) is 0 Å². The number of hydrogen-bond acceptors (Lipinski definition) is 3. The summed E-state index contributed by atoms with van der Waals surface area (Å²) < 4.78 is 0. The van der Waals surface area contributed by atoms with Crippen LogP contribution in [0.25, 0.3) is 10.9 Å². The van der Waals surface area contributed by atoms with Crippen molar-refractivity contribution in [1.82, 2.24) is 14.8 Å². The van der Waals surface area contributed by atoms with E-state index < -0.39 is 0 Å². The normalized spacial score (nSPS) is 16.3. The number of likely N-dealkylation sites (N-methyl/N-ethyl adjacent to an activating group) is 1. The molecule has 0 spiro atoms. The number of carbonyl (C=O) groups is 2. The summed E-state index contributed by atoms with van der Waals surface area (Å²) in [6, 6.07) is 5.40. The minimum absolute atomic E-state index is 0.0232. The number of aromatic amines is 1. The van der Waals surface area contributed by atoms with Gasteiger partial charge in [0.1, 0.15) is 6.54 Å². The van der Waals surface area contributed by atoms with E-state index in [2.05, 4.69) is 4.98 Å². The Morgan fingerprint density at radius 3 is 2.95 bits per heavy atom. The number of amides is 2. The van der Waals surface area contributed by atoms with E-state index in [1.807, 2.05) is 6.07 Å². The number of nitrogen functional groups attached to an aromatic ring is 1. The molecule has 0 bridgehead atoms. The molecule has 0 aliphatic carbocycles. The highest BCUT2D eigenvalue weighted by Crippen LogP contribution is 2.22. The first-order chi connectivity index (χ1) is 10.1. The molecule has 0 radical (unpaired) electrons. The minimum atomic E-state index is -0.116. The Bertz CT molecular complexity index is 707. The number of nitrogens with two attached hydrogens (primary N) is 1. The van der Waals surface area contributed by atoms with Gasteiger partial charge >= 0.3 is 0 Å². The lowest BCUT2D eigenvalue weighted by atomic mass is 10.1. The maximum absolute atomic E-state index is 12.7. The van der Waals surface area contributed by atoms with Crippen LogP contribution in [-0.2, 0) is 4.79 Å². The van der Waals surface area contributed by atoms with Gasteiger partial charge in [0.15, 0.2) is 0 Å². The van der Waals surface area contributed by atoms with Crippen molar-refractivity contribution in [2.45, 2.75) is 6.42 Å². The molecule has 6 heteroatoms. The van der Waals surface area contributed by atoms with E-state index >= 15 is 0 Å². The summed E-state index contributed by atoms with van der Waals surface area (Å²) in [7, 11) is 1.77. The van der Waals surface area contributed by atoms with Crippen LogP contribution in [0.3, 0.4) is 0 Å². The first-order valence-corrected chi connectivity index (χ1v) is 6.96. The molecule has 1 saturated heterocycles. The van der Waals surface area contributed by atoms with Crippen molar-refractivity contribution in [3.63, 3.8) is 0 Å². The van der Waals surface area contributed by atoms with E-state index in [1.165, 1.54) is 0 Å². The van der Waals surface area contributed by atoms with E-state index in [9.17, 15) is 9.59 Å². The number of hydrogen-bond donors (Lipinski definition) is 2. The van der Waals surface area contributed by atoms with Gasteiger partial charge in [0.25, 0.3) is 5.91 Å². The van der Waals surface area contributed by atoms with Gasteiger partial charge in [0.2, 0.25) is 5.91 Å².